The fraction of sp³-hybridized carbons (Fsp3) is 0.565. The van der Waals surface area contributed by atoms with Gasteiger partial charge in [0.25, 0.3) is 5.91 Å². The summed E-state index contributed by atoms with van der Waals surface area (Å²) in [5, 5.41) is 0. The number of likely N-dealkylation sites (tertiary alicyclic amines) is 1. The number of hydrogen-bond donors (Lipinski definition) is 1. The average Bonchev–Trinajstić information content (AvgIpc) is 3.48. The number of pyridine rings is 1. The number of rotatable bonds is 3. The Morgan fingerprint density at radius 3 is 2.52 bits per heavy atom. The second-order valence-electron chi connectivity index (χ2n) is 10.4. The minimum atomic E-state index is -0.00931. The summed E-state index contributed by atoms with van der Waals surface area (Å²) < 4.78 is 3.51. The van der Waals surface area contributed by atoms with E-state index >= 15 is 0 Å². The van der Waals surface area contributed by atoms with Gasteiger partial charge in [-0.3, -0.25) is 13.9 Å². The molecule has 1 amide bonds. The smallest absolute Gasteiger partial charge is 0.330 e. The molecule has 2 unspecified atom stereocenters. The topological polar surface area (TPSA) is 88.8 Å². The maximum absolute atomic E-state index is 12.8. The molecular weight excluding hydrogens is 392 g/mol. The van der Waals surface area contributed by atoms with Crippen molar-refractivity contribution in [2.24, 2.45) is 24.3 Å². The summed E-state index contributed by atoms with van der Waals surface area (Å²) in [4.78, 5) is 39.3. The summed E-state index contributed by atoms with van der Waals surface area (Å²) in [6, 6.07) is 4.16. The highest BCUT2D eigenvalue weighted by molar-refractivity contribution is 5.90. The molecule has 1 saturated heterocycles. The minimum absolute atomic E-state index is 0.00863. The van der Waals surface area contributed by atoms with Crippen LogP contribution in [0.25, 0.3) is 11.2 Å². The van der Waals surface area contributed by atoms with E-state index in [0.29, 0.717) is 30.1 Å². The Morgan fingerprint density at radius 1 is 1.19 bits per heavy atom. The predicted molar refractivity (Wildman–Crippen MR) is 118 cm³/mol. The largest absolute Gasteiger partial charge is 0.341 e. The summed E-state index contributed by atoms with van der Waals surface area (Å²) in [5.74, 6) is 1.78. The van der Waals surface area contributed by atoms with Crippen LogP contribution in [0.15, 0.2) is 29.3 Å². The number of carbonyl (C=O) groups excluding carboxylic acids is 1. The molecule has 1 N–H and O–H groups in total. The van der Waals surface area contributed by atoms with Crippen molar-refractivity contribution in [3.05, 3.63) is 46.5 Å². The molecule has 1 aliphatic carbocycles. The van der Waals surface area contributed by atoms with E-state index in [1.807, 2.05) is 16.5 Å². The van der Waals surface area contributed by atoms with Gasteiger partial charge in [-0.15, -0.1) is 0 Å². The van der Waals surface area contributed by atoms with E-state index in [-0.39, 0.29) is 17.0 Å². The van der Waals surface area contributed by atoms with Crippen LogP contribution in [0.1, 0.15) is 55.8 Å². The van der Waals surface area contributed by atoms with Crippen molar-refractivity contribution in [1.29, 1.82) is 0 Å². The van der Waals surface area contributed by atoms with E-state index in [0.717, 1.165) is 42.8 Å². The van der Waals surface area contributed by atoms with Gasteiger partial charge in [0, 0.05) is 50.7 Å². The number of amides is 1. The lowest BCUT2D eigenvalue weighted by molar-refractivity contribution is 0.0768. The maximum Gasteiger partial charge on any atom is 0.330 e. The molecule has 0 bridgehead atoms. The maximum atomic E-state index is 12.8. The number of nitrogens with zero attached hydrogens (tertiary/aromatic N) is 5. The quantitative estimate of drug-likeness (QED) is 0.703. The van der Waals surface area contributed by atoms with Gasteiger partial charge in [-0.05, 0) is 42.2 Å². The molecule has 3 aromatic rings. The molecular formula is C23H30N6O2. The Labute approximate surface area is 181 Å². The molecule has 4 heterocycles. The first-order valence-electron chi connectivity index (χ1n) is 11.1. The third kappa shape index (κ3) is 3.47. The van der Waals surface area contributed by atoms with Crippen LogP contribution in [-0.2, 0) is 13.6 Å². The molecule has 1 saturated carbocycles. The summed E-state index contributed by atoms with van der Waals surface area (Å²) in [5.41, 5.74) is 2.73. The molecule has 2 atom stereocenters. The minimum Gasteiger partial charge on any atom is -0.341 e. The van der Waals surface area contributed by atoms with Crippen molar-refractivity contribution in [3.8, 4) is 0 Å². The number of aryl methyl sites for hydroxylation is 1. The molecule has 1 aliphatic heterocycles. The summed E-state index contributed by atoms with van der Waals surface area (Å²) in [7, 11) is 1.81. The molecule has 0 radical (unpaired) electrons. The zero-order valence-corrected chi connectivity index (χ0v) is 18.6. The lowest BCUT2D eigenvalue weighted by Crippen LogP contribution is -2.30. The van der Waals surface area contributed by atoms with Crippen molar-refractivity contribution in [2.75, 3.05) is 13.1 Å². The number of aromatic nitrogens is 5. The van der Waals surface area contributed by atoms with Crippen LogP contribution in [0.4, 0.5) is 0 Å². The second kappa shape index (κ2) is 7.07. The highest BCUT2D eigenvalue weighted by Crippen LogP contribution is 2.46. The van der Waals surface area contributed by atoms with Crippen molar-refractivity contribution in [2.45, 2.75) is 46.1 Å². The van der Waals surface area contributed by atoms with Gasteiger partial charge in [0.05, 0.1) is 5.52 Å². The molecule has 5 rings (SSSR count). The molecule has 164 valence electrons. The van der Waals surface area contributed by atoms with Crippen molar-refractivity contribution in [3.63, 3.8) is 0 Å². The van der Waals surface area contributed by atoms with E-state index in [9.17, 15) is 9.59 Å². The number of carbonyl (C=O) groups is 1. The van der Waals surface area contributed by atoms with Crippen LogP contribution in [0.5, 0.6) is 0 Å². The molecule has 8 heteroatoms. The first-order valence-corrected chi connectivity index (χ1v) is 11.1. The number of nitrogens with one attached hydrogen (secondary N) is 1. The number of fused-ring (bicyclic) bond motifs is 2. The van der Waals surface area contributed by atoms with Gasteiger partial charge in [-0.25, -0.2) is 14.8 Å². The van der Waals surface area contributed by atoms with E-state index in [1.54, 1.807) is 17.0 Å². The van der Waals surface area contributed by atoms with Gasteiger partial charge in [0.15, 0.2) is 11.5 Å². The SMILES string of the molecule is Cn1c(=O)n(CC(C)(C)C)c2ccc(C3CC4CN(C(=O)c5ncc[nH]5)CC4C3)nc21. The van der Waals surface area contributed by atoms with Crippen LogP contribution in [0, 0.1) is 17.3 Å². The van der Waals surface area contributed by atoms with Crippen LogP contribution in [-0.4, -0.2) is 48.0 Å². The number of imidazole rings is 2. The molecule has 0 aromatic carbocycles. The zero-order chi connectivity index (χ0) is 21.9. The Morgan fingerprint density at radius 2 is 1.90 bits per heavy atom. The first-order chi connectivity index (χ1) is 14.7. The molecule has 0 spiro atoms. The van der Waals surface area contributed by atoms with Crippen molar-refractivity contribution in [1.82, 2.24) is 29.0 Å². The zero-order valence-electron chi connectivity index (χ0n) is 18.6. The molecule has 2 aliphatic rings. The molecule has 3 aromatic heterocycles. The van der Waals surface area contributed by atoms with Gasteiger partial charge >= 0.3 is 5.69 Å². The van der Waals surface area contributed by atoms with Gasteiger partial charge in [0.2, 0.25) is 0 Å². The van der Waals surface area contributed by atoms with Gasteiger partial charge in [-0.2, -0.15) is 0 Å². The van der Waals surface area contributed by atoms with Crippen LogP contribution < -0.4 is 5.69 Å². The average molecular weight is 423 g/mol. The van der Waals surface area contributed by atoms with Crippen molar-refractivity contribution >= 4 is 17.1 Å². The molecule has 31 heavy (non-hydrogen) atoms. The van der Waals surface area contributed by atoms with E-state index < -0.39 is 0 Å². The predicted octanol–water partition coefficient (Wildman–Crippen LogP) is 2.77. The van der Waals surface area contributed by atoms with Gasteiger partial charge in [-0.1, -0.05) is 20.8 Å². The van der Waals surface area contributed by atoms with Crippen LogP contribution in [0.2, 0.25) is 0 Å². The van der Waals surface area contributed by atoms with E-state index in [4.69, 9.17) is 4.98 Å². The first kappa shape index (κ1) is 20.0. The third-order valence-corrected chi connectivity index (χ3v) is 6.79. The monoisotopic (exact) mass is 422 g/mol. The normalized spacial score (nSPS) is 23.6. The molecule has 8 nitrogen and oxygen atoms in total. The summed E-state index contributed by atoms with van der Waals surface area (Å²) >= 11 is 0. The second-order valence-corrected chi connectivity index (χ2v) is 10.4. The van der Waals surface area contributed by atoms with Gasteiger partial charge < -0.3 is 9.88 Å². The number of H-pyrrole nitrogens is 1. The van der Waals surface area contributed by atoms with Crippen LogP contribution in [0.3, 0.4) is 0 Å². The fourth-order valence-corrected chi connectivity index (χ4v) is 5.38. The van der Waals surface area contributed by atoms with E-state index in [1.165, 1.54) is 0 Å². The number of hydrogen-bond acceptors (Lipinski definition) is 4. The highest BCUT2D eigenvalue weighted by Gasteiger charge is 2.43. The third-order valence-electron chi connectivity index (χ3n) is 6.79. The Bertz CT molecular complexity index is 1170. The molecule has 2 fully saturated rings. The Hall–Kier alpha value is -2.90. The van der Waals surface area contributed by atoms with Gasteiger partial charge in [0.1, 0.15) is 0 Å². The Kier molecular flexibility index (Phi) is 4.57. The van der Waals surface area contributed by atoms with Crippen LogP contribution >= 0.6 is 0 Å². The fourth-order valence-electron chi connectivity index (χ4n) is 5.38. The highest BCUT2D eigenvalue weighted by atomic mass is 16.2. The summed E-state index contributed by atoms with van der Waals surface area (Å²) in [6.07, 6.45) is 5.36. The van der Waals surface area contributed by atoms with E-state index in [2.05, 4.69) is 42.9 Å². The lowest BCUT2D eigenvalue weighted by atomic mass is 9.97. The van der Waals surface area contributed by atoms with Crippen molar-refractivity contribution < 1.29 is 4.79 Å². The number of aromatic amines is 1. The standard InChI is InChI=1S/C23H30N6O2/c1-23(2,3)13-29-18-6-5-17(26-20(18)27(4)22(29)31)14-9-15-11-28(12-16(15)10-14)21(30)19-24-7-8-25-19/h5-8,14-16H,9-13H2,1-4H3,(H,24,25). The summed E-state index contributed by atoms with van der Waals surface area (Å²) in [6.45, 7) is 8.63. The Balaban J connectivity index is 1.35. The lowest BCUT2D eigenvalue weighted by Gasteiger charge is -2.19.